The number of fused-ring (bicyclic) bond motifs is 1. The third-order valence-electron chi connectivity index (χ3n) is 9.14. The van der Waals surface area contributed by atoms with E-state index in [1.165, 1.54) is 10.5 Å². The topological polar surface area (TPSA) is 152 Å². The van der Waals surface area contributed by atoms with E-state index < -0.39 is 0 Å². The molecular formula is C37H36Cl2N8O4. The van der Waals surface area contributed by atoms with Gasteiger partial charge in [0.25, 0.3) is 5.56 Å². The Morgan fingerprint density at radius 3 is 2.02 bits per heavy atom. The summed E-state index contributed by atoms with van der Waals surface area (Å²) in [5.41, 5.74) is 5.36. The SMILES string of the molecule is COc1nc(-c2cccc(-c3cccc(-c4cc(=O)n5cc(CNC[C@H]6CCC(=O)N6)ccc5n4)c3Cl)c2Cl)cnc1CNC[C@H]1CCC(=O)N1. The lowest BCUT2D eigenvalue weighted by Gasteiger charge is -2.15. The minimum absolute atomic E-state index is 0.0735. The van der Waals surface area contributed by atoms with Gasteiger partial charge in [-0.1, -0.05) is 65.7 Å². The first kappa shape index (κ1) is 34.6. The van der Waals surface area contributed by atoms with E-state index in [1.54, 1.807) is 19.5 Å². The van der Waals surface area contributed by atoms with Crippen molar-refractivity contribution in [2.75, 3.05) is 20.2 Å². The molecular weight excluding hydrogens is 691 g/mol. The maximum absolute atomic E-state index is 13.3. The van der Waals surface area contributed by atoms with E-state index in [0.717, 1.165) is 18.4 Å². The van der Waals surface area contributed by atoms with Crippen molar-refractivity contribution in [1.82, 2.24) is 40.6 Å². The van der Waals surface area contributed by atoms with Crippen LogP contribution in [0.25, 0.3) is 39.3 Å². The maximum Gasteiger partial charge on any atom is 0.258 e. The quantitative estimate of drug-likeness (QED) is 0.145. The zero-order chi connectivity index (χ0) is 35.5. The fourth-order valence-corrected chi connectivity index (χ4v) is 7.14. The molecule has 12 nitrogen and oxygen atoms in total. The van der Waals surface area contributed by atoms with Gasteiger partial charge in [-0.25, -0.2) is 9.97 Å². The number of amides is 2. The maximum atomic E-state index is 13.3. The summed E-state index contributed by atoms with van der Waals surface area (Å²) < 4.78 is 7.09. The van der Waals surface area contributed by atoms with E-state index in [4.69, 9.17) is 37.9 Å². The minimum Gasteiger partial charge on any atom is -0.480 e. The smallest absolute Gasteiger partial charge is 0.258 e. The van der Waals surface area contributed by atoms with Gasteiger partial charge in [0, 0.05) is 85.6 Å². The number of aromatic nitrogens is 4. The Labute approximate surface area is 304 Å². The molecule has 0 saturated carbocycles. The van der Waals surface area contributed by atoms with Crippen LogP contribution in [0.4, 0.5) is 0 Å². The second-order valence-electron chi connectivity index (χ2n) is 12.7. The molecule has 14 heteroatoms. The average molecular weight is 728 g/mol. The van der Waals surface area contributed by atoms with Crippen molar-refractivity contribution in [3.05, 3.63) is 98.6 Å². The fourth-order valence-electron chi connectivity index (χ4n) is 6.49. The van der Waals surface area contributed by atoms with E-state index in [1.807, 2.05) is 48.5 Å². The Hall–Kier alpha value is -4.88. The number of rotatable bonds is 12. The number of pyridine rings is 1. The van der Waals surface area contributed by atoms with Crippen LogP contribution in [-0.4, -0.2) is 63.4 Å². The lowest BCUT2D eigenvalue weighted by Crippen LogP contribution is -2.35. The second-order valence-corrected chi connectivity index (χ2v) is 13.4. The van der Waals surface area contributed by atoms with Crippen LogP contribution in [0.2, 0.25) is 10.0 Å². The summed E-state index contributed by atoms with van der Waals surface area (Å²) in [5, 5.41) is 13.4. The van der Waals surface area contributed by atoms with Gasteiger partial charge in [0.05, 0.1) is 34.7 Å². The summed E-state index contributed by atoms with van der Waals surface area (Å²) in [6, 6.07) is 16.6. The lowest BCUT2D eigenvalue weighted by atomic mass is 9.98. The van der Waals surface area contributed by atoms with Crippen LogP contribution in [0.1, 0.15) is 36.9 Å². The van der Waals surface area contributed by atoms with Gasteiger partial charge in [-0.3, -0.25) is 23.8 Å². The predicted molar refractivity (Wildman–Crippen MR) is 196 cm³/mol. The summed E-state index contributed by atoms with van der Waals surface area (Å²) in [4.78, 5) is 50.4. The van der Waals surface area contributed by atoms with E-state index in [2.05, 4.69) is 26.3 Å². The molecule has 2 amide bonds. The van der Waals surface area contributed by atoms with Crippen LogP contribution in [0.3, 0.4) is 0 Å². The molecule has 0 radical (unpaired) electrons. The van der Waals surface area contributed by atoms with Crippen molar-refractivity contribution in [2.24, 2.45) is 0 Å². The van der Waals surface area contributed by atoms with Crippen LogP contribution >= 0.6 is 23.2 Å². The summed E-state index contributed by atoms with van der Waals surface area (Å²) in [5.74, 6) is 0.525. The van der Waals surface area contributed by atoms with E-state index in [-0.39, 0.29) is 29.5 Å². The summed E-state index contributed by atoms with van der Waals surface area (Å²) in [6.07, 6.45) is 6.15. The van der Waals surface area contributed by atoms with Crippen LogP contribution in [0, 0.1) is 0 Å². The van der Waals surface area contributed by atoms with Gasteiger partial charge >= 0.3 is 0 Å². The molecule has 262 valence electrons. The number of carbonyl (C=O) groups is 2. The number of methoxy groups -OCH3 is 1. The molecule has 2 aliphatic heterocycles. The standard InChI is InChI=1S/C37H36Cl2N8O4/c1-51-37-30(18-41-17-23-10-13-33(49)44-23)42-19-29(46-37)27-7-3-5-25(36(27)39)24-4-2-6-26(35(24)38)28-14-34(50)47-20-21(8-11-31(47)45-28)15-40-16-22-9-12-32(48)43-22/h2-8,11,14,19-20,22-23,40-41H,9-10,12-13,15-18H2,1H3,(H,43,48)(H,44,49)/t22-,23-/m1/s1. The summed E-state index contributed by atoms with van der Waals surface area (Å²) in [6.45, 7) is 2.25. The molecule has 0 unspecified atom stereocenters. The van der Waals surface area contributed by atoms with E-state index in [9.17, 15) is 14.4 Å². The highest BCUT2D eigenvalue weighted by Crippen LogP contribution is 2.42. The Morgan fingerprint density at radius 1 is 0.804 bits per heavy atom. The molecule has 51 heavy (non-hydrogen) atoms. The van der Waals surface area contributed by atoms with Gasteiger partial charge in [-0.05, 0) is 24.5 Å². The van der Waals surface area contributed by atoms with Gasteiger partial charge in [0.1, 0.15) is 11.3 Å². The van der Waals surface area contributed by atoms with Gasteiger partial charge in [-0.15, -0.1) is 0 Å². The monoisotopic (exact) mass is 726 g/mol. The number of hydrogen-bond acceptors (Lipinski definition) is 9. The normalized spacial score (nSPS) is 17.2. The number of benzene rings is 2. The molecule has 0 aliphatic carbocycles. The first-order chi connectivity index (χ1) is 24.8. The van der Waals surface area contributed by atoms with Crippen molar-refractivity contribution in [3.63, 3.8) is 0 Å². The van der Waals surface area contributed by atoms with Crippen molar-refractivity contribution >= 4 is 40.7 Å². The average Bonchev–Trinajstić information content (AvgIpc) is 3.75. The number of carbonyl (C=O) groups excluding carboxylic acids is 2. The number of nitrogens with one attached hydrogen (secondary N) is 4. The van der Waals surface area contributed by atoms with Crippen molar-refractivity contribution in [2.45, 2.75) is 50.9 Å². The number of hydrogen-bond donors (Lipinski definition) is 4. The molecule has 2 saturated heterocycles. The first-order valence-electron chi connectivity index (χ1n) is 16.8. The molecule has 2 aromatic carbocycles. The van der Waals surface area contributed by atoms with Crippen LogP contribution < -0.4 is 31.6 Å². The molecule has 2 atom stereocenters. The van der Waals surface area contributed by atoms with Gasteiger partial charge in [0.15, 0.2) is 0 Å². The molecule has 5 heterocycles. The Bertz CT molecular complexity index is 2190. The molecule has 0 spiro atoms. The highest BCUT2D eigenvalue weighted by molar-refractivity contribution is 6.39. The van der Waals surface area contributed by atoms with E-state index in [0.29, 0.717) is 99.9 Å². The Morgan fingerprint density at radius 2 is 1.41 bits per heavy atom. The van der Waals surface area contributed by atoms with Crippen LogP contribution in [-0.2, 0) is 22.7 Å². The fraction of sp³-hybridized carbons (Fsp3) is 0.297. The van der Waals surface area contributed by atoms with Gasteiger partial charge in [0.2, 0.25) is 17.7 Å². The molecule has 3 aromatic heterocycles. The largest absolute Gasteiger partial charge is 0.480 e. The Kier molecular flexibility index (Phi) is 10.3. The third kappa shape index (κ3) is 7.59. The summed E-state index contributed by atoms with van der Waals surface area (Å²) >= 11 is 14.1. The van der Waals surface area contributed by atoms with Gasteiger partial charge < -0.3 is 26.0 Å². The molecule has 0 bridgehead atoms. The summed E-state index contributed by atoms with van der Waals surface area (Å²) in [7, 11) is 1.54. The van der Waals surface area contributed by atoms with Crippen LogP contribution in [0.15, 0.2) is 71.8 Å². The second kappa shape index (κ2) is 15.2. The zero-order valence-corrected chi connectivity index (χ0v) is 29.4. The molecule has 7 rings (SSSR count). The molecule has 5 aromatic rings. The number of ether oxygens (including phenoxy) is 1. The van der Waals surface area contributed by atoms with Crippen LogP contribution in [0.5, 0.6) is 5.88 Å². The Balaban J connectivity index is 1.11. The molecule has 2 fully saturated rings. The molecule has 4 N–H and O–H groups in total. The van der Waals surface area contributed by atoms with Crippen molar-refractivity contribution in [1.29, 1.82) is 0 Å². The van der Waals surface area contributed by atoms with Crippen molar-refractivity contribution in [3.8, 4) is 39.5 Å². The third-order valence-corrected chi connectivity index (χ3v) is 9.95. The van der Waals surface area contributed by atoms with E-state index >= 15 is 0 Å². The lowest BCUT2D eigenvalue weighted by molar-refractivity contribution is -0.120. The highest BCUT2D eigenvalue weighted by atomic mass is 35.5. The number of halogens is 2. The number of nitrogens with zero attached hydrogens (tertiary/aromatic N) is 4. The first-order valence-corrected chi connectivity index (χ1v) is 17.5. The zero-order valence-electron chi connectivity index (χ0n) is 27.8. The minimum atomic E-state index is -0.238. The van der Waals surface area contributed by atoms with Gasteiger partial charge in [-0.2, -0.15) is 0 Å². The van der Waals surface area contributed by atoms with Crippen molar-refractivity contribution < 1.29 is 14.3 Å². The predicted octanol–water partition coefficient (Wildman–Crippen LogP) is 4.54. The molecule has 2 aliphatic rings. The highest BCUT2D eigenvalue weighted by Gasteiger charge is 2.22.